The van der Waals surface area contributed by atoms with Crippen LogP contribution >= 0.6 is 0 Å². The SMILES string of the molecule is O=C(OCCN(CCOC(=O)c1ccccc1)c1ccccc1)c1ccccc1. The Hall–Kier alpha value is -3.60. The largest absolute Gasteiger partial charge is 0.460 e. The lowest BCUT2D eigenvalue weighted by atomic mass is 10.2. The molecule has 5 nitrogen and oxygen atoms in total. The molecule has 0 heterocycles. The van der Waals surface area contributed by atoms with Gasteiger partial charge in [-0.3, -0.25) is 0 Å². The summed E-state index contributed by atoms with van der Waals surface area (Å²) in [7, 11) is 0. The maximum absolute atomic E-state index is 12.1. The molecule has 0 N–H and O–H groups in total. The van der Waals surface area contributed by atoms with E-state index >= 15 is 0 Å². The molecule has 0 aliphatic heterocycles. The zero-order chi connectivity index (χ0) is 20.3. The monoisotopic (exact) mass is 389 g/mol. The second-order valence-corrected chi connectivity index (χ2v) is 6.33. The maximum Gasteiger partial charge on any atom is 0.338 e. The maximum atomic E-state index is 12.1. The lowest BCUT2D eigenvalue weighted by Crippen LogP contribution is -2.32. The van der Waals surface area contributed by atoms with Gasteiger partial charge in [-0.25, -0.2) is 9.59 Å². The van der Waals surface area contributed by atoms with Gasteiger partial charge in [-0.15, -0.1) is 0 Å². The summed E-state index contributed by atoms with van der Waals surface area (Å²) in [6.07, 6.45) is 0. The summed E-state index contributed by atoms with van der Waals surface area (Å²) >= 11 is 0. The minimum Gasteiger partial charge on any atom is -0.460 e. The van der Waals surface area contributed by atoms with Gasteiger partial charge >= 0.3 is 11.9 Å². The Balaban J connectivity index is 1.53. The van der Waals surface area contributed by atoms with Crippen molar-refractivity contribution in [2.75, 3.05) is 31.2 Å². The fraction of sp³-hybridized carbons (Fsp3) is 0.167. The lowest BCUT2D eigenvalue weighted by Gasteiger charge is -2.24. The van der Waals surface area contributed by atoms with Gasteiger partial charge in [0.05, 0.1) is 24.2 Å². The van der Waals surface area contributed by atoms with Crippen LogP contribution in [0.5, 0.6) is 0 Å². The fourth-order valence-corrected chi connectivity index (χ4v) is 2.82. The quantitative estimate of drug-likeness (QED) is 0.513. The van der Waals surface area contributed by atoms with Crippen LogP contribution in [0.15, 0.2) is 91.0 Å². The first-order valence-corrected chi connectivity index (χ1v) is 9.48. The number of hydrogen-bond acceptors (Lipinski definition) is 5. The van der Waals surface area contributed by atoms with Crippen LogP contribution in [0, 0.1) is 0 Å². The summed E-state index contributed by atoms with van der Waals surface area (Å²) in [6.45, 7) is 1.45. The standard InChI is InChI=1S/C24H23NO4/c26-23(20-10-4-1-5-11-20)28-18-16-25(22-14-8-3-9-15-22)17-19-29-24(27)21-12-6-2-7-13-21/h1-15H,16-19H2. The lowest BCUT2D eigenvalue weighted by molar-refractivity contribution is 0.0504. The Morgan fingerprint density at radius 3 is 1.38 bits per heavy atom. The average molecular weight is 389 g/mol. The predicted octanol–water partition coefficient (Wildman–Crippen LogP) is 4.21. The highest BCUT2D eigenvalue weighted by Crippen LogP contribution is 2.13. The van der Waals surface area contributed by atoms with E-state index in [4.69, 9.17) is 9.47 Å². The van der Waals surface area contributed by atoms with Crippen molar-refractivity contribution in [1.82, 2.24) is 0 Å². The van der Waals surface area contributed by atoms with Crippen molar-refractivity contribution in [2.24, 2.45) is 0 Å². The molecule has 0 atom stereocenters. The van der Waals surface area contributed by atoms with Crippen molar-refractivity contribution in [3.05, 3.63) is 102 Å². The molecule has 3 rings (SSSR count). The van der Waals surface area contributed by atoms with Crippen molar-refractivity contribution in [2.45, 2.75) is 0 Å². The van der Waals surface area contributed by atoms with Crippen molar-refractivity contribution >= 4 is 17.6 Å². The van der Waals surface area contributed by atoms with Gasteiger partial charge < -0.3 is 14.4 Å². The van der Waals surface area contributed by atoms with Crippen molar-refractivity contribution < 1.29 is 19.1 Å². The molecular formula is C24H23NO4. The third kappa shape index (κ3) is 6.21. The highest BCUT2D eigenvalue weighted by atomic mass is 16.5. The highest BCUT2D eigenvalue weighted by Gasteiger charge is 2.11. The molecule has 5 heteroatoms. The van der Waals surface area contributed by atoms with Gasteiger partial charge in [0.25, 0.3) is 0 Å². The first-order chi connectivity index (χ1) is 14.2. The normalized spacial score (nSPS) is 10.2. The highest BCUT2D eigenvalue weighted by molar-refractivity contribution is 5.89. The molecular weight excluding hydrogens is 366 g/mol. The average Bonchev–Trinajstić information content (AvgIpc) is 2.79. The molecule has 148 valence electrons. The Bertz CT molecular complexity index is 840. The molecule has 0 spiro atoms. The number of hydrogen-bond donors (Lipinski definition) is 0. The Morgan fingerprint density at radius 1 is 0.586 bits per heavy atom. The third-order valence-corrected chi connectivity index (χ3v) is 4.33. The summed E-state index contributed by atoms with van der Waals surface area (Å²) in [5.41, 5.74) is 2.02. The zero-order valence-electron chi connectivity index (χ0n) is 16.1. The van der Waals surface area contributed by atoms with E-state index in [1.54, 1.807) is 48.5 Å². The molecule has 0 amide bonds. The number of nitrogens with zero attached hydrogens (tertiary/aromatic N) is 1. The molecule has 3 aromatic rings. The molecule has 3 aromatic carbocycles. The van der Waals surface area contributed by atoms with Crippen LogP contribution in [0.1, 0.15) is 20.7 Å². The number of benzene rings is 3. The van der Waals surface area contributed by atoms with E-state index in [-0.39, 0.29) is 25.2 Å². The Labute approximate surface area is 170 Å². The van der Waals surface area contributed by atoms with Crippen LogP contribution in [-0.4, -0.2) is 38.2 Å². The van der Waals surface area contributed by atoms with E-state index in [2.05, 4.69) is 0 Å². The molecule has 0 bridgehead atoms. The topological polar surface area (TPSA) is 55.8 Å². The van der Waals surface area contributed by atoms with Gasteiger partial charge in [-0.1, -0.05) is 54.6 Å². The number of ether oxygens (including phenoxy) is 2. The van der Waals surface area contributed by atoms with Crippen LogP contribution in [0.4, 0.5) is 5.69 Å². The number of rotatable bonds is 9. The van der Waals surface area contributed by atoms with Crippen LogP contribution in [0.2, 0.25) is 0 Å². The van der Waals surface area contributed by atoms with Gasteiger partial charge in [0.15, 0.2) is 0 Å². The summed E-state index contributed by atoms with van der Waals surface area (Å²) in [5.74, 6) is -0.705. The van der Waals surface area contributed by atoms with E-state index < -0.39 is 0 Å². The van der Waals surface area contributed by atoms with Crippen molar-refractivity contribution in [1.29, 1.82) is 0 Å². The molecule has 0 saturated heterocycles. The van der Waals surface area contributed by atoms with E-state index in [1.807, 2.05) is 47.4 Å². The van der Waals surface area contributed by atoms with Crippen molar-refractivity contribution in [3.8, 4) is 0 Å². The van der Waals surface area contributed by atoms with Gasteiger partial charge in [-0.2, -0.15) is 0 Å². The molecule has 0 saturated carbocycles. The van der Waals surface area contributed by atoms with E-state index in [9.17, 15) is 9.59 Å². The minimum absolute atomic E-state index is 0.231. The van der Waals surface area contributed by atoms with Crippen LogP contribution in [0.3, 0.4) is 0 Å². The van der Waals surface area contributed by atoms with Crippen LogP contribution < -0.4 is 4.90 Å². The van der Waals surface area contributed by atoms with Gasteiger partial charge in [-0.05, 0) is 36.4 Å². The minimum atomic E-state index is -0.353. The zero-order valence-corrected chi connectivity index (χ0v) is 16.1. The number of anilines is 1. The molecule has 0 fully saturated rings. The predicted molar refractivity (Wildman–Crippen MR) is 112 cm³/mol. The second-order valence-electron chi connectivity index (χ2n) is 6.33. The molecule has 29 heavy (non-hydrogen) atoms. The Kier molecular flexibility index (Phi) is 7.41. The summed E-state index contributed by atoms with van der Waals surface area (Å²) in [4.78, 5) is 26.2. The molecule has 0 aliphatic carbocycles. The number of para-hydroxylation sites is 1. The van der Waals surface area contributed by atoms with Gasteiger partial charge in [0, 0.05) is 5.69 Å². The number of carbonyl (C=O) groups excluding carboxylic acids is 2. The Morgan fingerprint density at radius 2 is 0.966 bits per heavy atom. The smallest absolute Gasteiger partial charge is 0.338 e. The second kappa shape index (κ2) is 10.7. The van der Waals surface area contributed by atoms with E-state index in [0.29, 0.717) is 24.2 Å². The third-order valence-electron chi connectivity index (χ3n) is 4.33. The first kappa shape index (κ1) is 20.1. The number of esters is 2. The summed E-state index contributed by atoms with van der Waals surface area (Å²) in [6, 6.07) is 27.5. The van der Waals surface area contributed by atoms with Crippen LogP contribution in [-0.2, 0) is 9.47 Å². The van der Waals surface area contributed by atoms with E-state index in [1.165, 1.54) is 0 Å². The molecule has 0 aromatic heterocycles. The fourth-order valence-electron chi connectivity index (χ4n) is 2.82. The van der Waals surface area contributed by atoms with E-state index in [0.717, 1.165) is 5.69 Å². The van der Waals surface area contributed by atoms with Crippen molar-refractivity contribution in [3.63, 3.8) is 0 Å². The van der Waals surface area contributed by atoms with Gasteiger partial charge in [0.1, 0.15) is 13.2 Å². The molecule has 0 unspecified atom stereocenters. The molecule has 0 aliphatic rings. The number of carbonyl (C=O) groups is 2. The summed E-state index contributed by atoms with van der Waals surface area (Å²) in [5, 5.41) is 0. The molecule has 0 radical (unpaired) electrons. The van der Waals surface area contributed by atoms with Gasteiger partial charge in [0.2, 0.25) is 0 Å². The van der Waals surface area contributed by atoms with Crippen LogP contribution in [0.25, 0.3) is 0 Å². The first-order valence-electron chi connectivity index (χ1n) is 9.48. The summed E-state index contributed by atoms with van der Waals surface area (Å²) < 4.78 is 10.8.